The maximum Gasteiger partial charge on any atom is 0.310 e. The molecule has 1 unspecified atom stereocenters. The number of hydrogen-bond donors (Lipinski definition) is 0. The summed E-state index contributed by atoms with van der Waals surface area (Å²) >= 11 is 0. The van der Waals surface area contributed by atoms with Crippen molar-refractivity contribution >= 4 is 11.9 Å². The van der Waals surface area contributed by atoms with E-state index in [0.717, 1.165) is 6.54 Å². The van der Waals surface area contributed by atoms with E-state index < -0.39 is 0 Å². The highest BCUT2D eigenvalue weighted by atomic mass is 16.5. The van der Waals surface area contributed by atoms with Gasteiger partial charge >= 0.3 is 5.97 Å². The molecule has 116 valence electrons. The maximum absolute atomic E-state index is 12.5. The SMILES string of the molecule is COC(=O)C(C)CN(CCN(C)C)C(=O)c1ccncc1. The second kappa shape index (κ2) is 8.36. The Kier molecular flexibility index (Phi) is 6.81. The van der Waals surface area contributed by atoms with Gasteiger partial charge in [-0.3, -0.25) is 14.6 Å². The fourth-order valence-corrected chi connectivity index (χ4v) is 1.88. The standard InChI is InChI=1S/C15H23N3O3/c1-12(15(20)21-4)11-18(10-9-17(2)3)14(19)13-5-7-16-8-6-13/h5-8,12H,9-11H2,1-4H3. The Bertz CT molecular complexity index is 462. The molecule has 0 saturated heterocycles. The third kappa shape index (κ3) is 5.51. The molecule has 21 heavy (non-hydrogen) atoms. The number of likely N-dealkylation sites (N-methyl/N-ethyl adjacent to an activating group) is 1. The van der Waals surface area contributed by atoms with Crippen LogP contribution in [0.25, 0.3) is 0 Å². The fourth-order valence-electron chi connectivity index (χ4n) is 1.88. The summed E-state index contributed by atoms with van der Waals surface area (Å²) in [6, 6.07) is 3.35. The molecule has 0 spiro atoms. The lowest BCUT2D eigenvalue weighted by Gasteiger charge is -2.26. The molecule has 0 N–H and O–H groups in total. The van der Waals surface area contributed by atoms with Crippen molar-refractivity contribution in [3.63, 3.8) is 0 Å². The third-order valence-electron chi connectivity index (χ3n) is 3.13. The Morgan fingerprint density at radius 1 is 1.24 bits per heavy atom. The first-order valence-corrected chi connectivity index (χ1v) is 6.87. The van der Waals surface area contributed by atoms with Crippen LogP contribution >= 0.6 is 0 Å². The molecule has 0 fully saturated rings. The van der Waals surface area contributed by atoms with Gasteiger partial charge in [0.15, 0.2) is 0 Å². The molecule has 0 aliphatic heterocycles. The minimum atomic E-state index is -0.358. The van der Waals surface area contributed by atoms with Gasteiger partial charge in [0.05, 0.1) is 13.0 Å². The highest BCUT2D eigenvalue weighted by Gasteiger charge is 2.22. The molecule has 0 aliphatic rings. The smallest absolute Gasteiger partial charge is 0.310 e. The number of pyridine rings is 1. The fraction of sp³-hybridized carbons (Fsp3) is 0.533. The molecule has 1 aromatic rings. The van der Waals surface area contributed by atoms with Crippen LogP contribution < -0.4 is 0 Å². The summed E-state index contributed by atoms with van der Waals surface area (Å²) in [6.07, 6.45) is 3.17. The summed E-state index contributed by atoms with van der Waals surface area (Å²) in [7, 11) is 5.24. The molecule has 0 radical (unpaired) electrons. The van der Waals surface area contributed by atoms with Gasteiger partial charge < -0.3 is 14.5 Å². The lowest BCUT2D eigenvalue weighted by Crippen LogP contribution is -2.41. The Morgan fingerprint density at radius 3 is 2.38 bits per heavy atom. The average Bonchev–Trinajstić information content (AvgIpc) is 2.50. The second-order valence-corrected chi connectivity index (χ2v) is 5.21. The van der Waals surface area contributed by atoms with Crippen LogP contribution in [0.2, 0.25) is 0 Å². The van der Waals surface area contributed by atoms with Gasteiger partial charge in [-0.15, -0.1) is 0 Å². The van der Waals surface area contributed by atoms with Crippen LogP contribution in [0.5, 0.6) is 0 Å². The van der Waals surface area contributed by atoms with Gasteiger partial charge in [0.1, 0.15) is 0 Å². The van der Waals surface area contributed by atoms with Gasteiger partial charge in [0, 0.05) is 37.6 Å². The lowest BCUT2D eigenvalue weighted by molar-refractivity contribution is -0.145. The number of amides is 1. The van der Waals surface area contributed by atoms with Gasteiger partial charge in [0.25, 0.3) is 5.91 Å². The predicted octanol–water partition coefficient (Wildman–Crippen LogP) is 0.894. The molecular weight excluding hydrogens is 270 g/mol. The van der Waals surface area contributed by atoms with Gasteiger partial charge in [-0.05, 0) is 26.2 Å². The molecule has 0 saturated carbocycles. The molecule has 6 nitrogen and oxygen atoms in total. The molecule has 1 atom stereocenters. The Labute approximate surface area is 125 Å². The number of carbonyl (C=O) groups is 2. The first-order valence-electron chi connectivity index (χ1n) is 6.87. The summed E-state index contributed by atoms with van der Waals surface area (Å²) in [4.78, 5) is 31.7. The maximum atomic E-state index is 12.5. The molecule has 0 aliphatic carbocycles. The topological polar surface area (TPSA) is 62.7 Å². The van der Waals surface area contributed by atoms with E-state index >= 15 is 0 Å². The molecule has 1 rings (SSSR count). The molecule has 1 amide bonds. The van der Waals surface area contributed by atoms with Gasteiger partial charge in [-0.25, -0.2) is 0 Å². The number of rotatable bonds is 7. The molecule has 1 aromatic heterocycles. The van der Waals surface area contributed by atoms with E-state index in [1.54, 1.807) is 36.4 Å². The Morgan fingerprint density at radius 2 is 1.86 bits per heavy atom. The van der Waals surface area contributed by atoms with Crippen LogP contribution in [0.3, 0.4) is 0 Å². The number of hydrogen-bond acceptors (Lipinski definition) is 5. The van der Waals surface area contributed by atoms with E-state index in [9.17, 15) is 9.59 Å². The number of carbonyl (C=O) groups excluding carboxylic acids is 2. The van der Waals surface area contributed by atoms with Crippen molar-refractivity contribution in [3.05, 3.63) is 30.1 Å². The molecule has 1 heterocycles. The Balaban J connectivity index is 2.81. The largest absolute Gasteiger partial charge is 0.469 e. The van der Waals surface area contributed by atoms with Crippen LogP contribution in [0, 0.1) is 5.92 Å². The van der Waals surface area contributed by atoms with E-state index in [0.29, 0.717) is 18.7 Å². The summed E-state index contributed by atoms with van der Waals surface area (Å²) < 4.78 is 4.73. The predicted molar refractivity (Wildman–Crippen MR) is 79.9 cm³/mol. The van der Waals surface area contributed by atoms with Gasteiger partial charge in [0.2, 0.25) is 0 Å². The zero-order valence-corrected chi connectivity index (χ0v) is 13.1. The monoisotopic (exact) mass is 293 g/mol. The van der Waals surface area contributed by atoms with Crippen molar-refractivity contribution in [3.8, 4) is 0 Å². The summed E-state index contributed by atoms with van der Waals surface area (Å²) in [5, 5.41) is 0. The van der Waals surface area contributed by atoms with E-state index in [4.69, 9.17) is 4.74 Å². The van der Waals surface area contributed by atoms with Gasteiger partial charge in [-0.1, -0.05) is 6.92 Å². The summed E-state index contributed by atoms with van der Waals surface area (Å²) in [5.74, 6) is -0.773. The number of ether oxygens (including phenoxy) is 1. The highest BCUT2D eigenvalue weighted by molar-refractivity contribution is 5.94. The van der Waals surface area contributed by atoms with Crippen LogP contribution in [0.1, 0.15) is 17.3 Å². The zero-order chi connectivity index (χ0) is 15.8. The van der Waals surface area contributed by atoms with Crippen LogP contribution in [0.15, 0.2) is 24.5 Å². The second-order valence-electron chi connectivity index (χ2n) is 5.21. The number of methoxy groups -OCH3 is 1. The average molecular weight is 293 g/mol. The quantitative estimate of drug-likeness (QED) is 0.699. The van der Waals surface area contributed by atoms with E-state index in [-0.39, 0.29) is 17.8 Å². The molecular formula is C15H23N3O3. The van der Waals surface area contributed by atoms with Crippen LogP contribution in [-0.4, -0.2) is 67.5 Å². The molecule has 0 bridgehead atoms. The highest BCUT2D eigenvalue weighted by Crippen LogP contribution is 2.08. The summed E-state index contributed by atoms with van der Waals surface area (Å²) in [6.45, 7) is 3.37. The first-order chi connectivity index (χ1) is 9.95. The Hall–Kier alpha value is -1.95. The normalized spacial score (nSPS) is 12.0. The third-order valence-corrected chi connectivity index (χ3v) is 3.13. The number of nitrogens with zero attached hydrogens (tertiary/aromatic N) is 3. The minimum Gasteiger partial charge on any atom is -0.469 e. The van der Waals surface area contributed by atoms with Crippen molar-refractivity contribution in [2.75, 3.05) is 40.8 Å². The van der Waals surface area contributed by atoms with Crippen molar-refractivity contribution in [1.82, 2.24) is 14.8 Å². The van der Waals surface area contributed by atoms with Crippen molar-refractivity contribution in [1.29, 1.82) is 0 Å². The van der Waals surface area contributed by atoms with E-state index in [1.165, 1.54) is 7.11 Å². The first kappa shape index (κ1) is 17.1. The van der Waals surface area contributed by atoms with Crippen molar-refractivity contribution in [2.45, 2.75) is 6.92 Å². The summed E-state index contributed by atoms with van der Waals surface area (Å²) in [5.41, 5.74) is 0.570. The van der Waals surface area contributed by atoms with Crippen molar-refractivity contribution in [2.24, 2.45) is 5.92 Å². The lowest BCUT2D eigenvalue weighted by atomic mass is 10.1. The van der Waals surface area contributed by atoms with Gasteiger partial charge in [-0.2, -0.15) is 0 Å². The molecule has 0 aromatic carbocycles. The van der Waals surface area contributed by atoms with Crippen molar-refractivity contribution < 1.29 is 14.3 Å². The number of aromatic nitrogens is 1. The van der Waals surface area contributed by atoms with E-state index in [1.807, 2.05) is 19.0 Å². The zero-order valence-electron chi connectivity index (χ0n) is 13.1. The molecule has 6 heteroatoms. The number of esters is 1. The minimum absolute atomic E-state index is 0.102. The van der Waals surface area contributed by atoms with Crippen LogP contribution in [-0.2, 0) is 9.53 Å². The van der Waals surface area contributed by atoms with E-state index in [2.05, 4.69) is 4.98 Å². The van der Waals surface area contributed by atoms with Crippen LogP contribution in [0.4, 0.5) is 0 Å².